The SMILES string of the molecule is O=C(c1c(F)cc(F)cc1F)c1c[nH]c2c(=O)n(Cc3nc4c(F)c(F)ccc4[nH]3)ccc12. The summed E-state index contributed by atoms with van der Waals surface area (Å²) in [5.41, 5.74) is -1.72. The average Bonchev–Trinajstić information content (AvgIpc) is 3.37. The third-order valence-corrected chi connectivity index (χ3v) is 5.21. The Kier molecular flexibility index (Phi) is 4.62. The van der Waals surface area contributed by atoms with Crippen LogP contribution in [-0.2, 0) is 6.54 Å². The van der Waals surface area contributed by atoms with E-state index in [0.717, 1.165) is 12.3 Å². The van der Waals surface area contributed by atoms with E-state index in [9.17, 15) is 31.5 Å². The van der Waals surface area contributed by atoms with Gasteiger partial charge in [-0.1, -0.05) is 0 Å². The van der Waals surface area contributed by atoms with Gasteiger partial charge in [-0.05, 0) is 18.2 Å². The second-order valence-corrected chi connectivity index (χ2v) is 7.25. The van der Waals surface area contributed by atoms with E-state index in [1.165, 1.54) is 22.9 Å². The van der Waals surface area contributed by atoms with Gasteiger partial charge >= 0.3 is 0 Å². The van der Waals surface area contributed by atoms with E-state index in [1.807, 2.05) is 0 Å². The minimum absolute atomic E-state index is 0.0304. The molecule has 2 aromatic carbocycles. The van der Waals surface area contributed by atoms with Gasteiger partial charge in [0.2, 0.25) is 5.78 Å². The number of imidazole rings is 1. The molecular weight excluding hydrogens is 447 g/mol. The molecule has 3 heterocycles. The molecule has 0 spiro atoms. The standard InChI is InChI=1S/C22H11F5N4O2/c23-9-5-13(25)17(14(26)6-9)21(32)11-7-28-19-10(11)3-4-31(22(19)33)8-16-29-15-2-1-12(24)18(27)20(15)30-16/h1-7,28H,8H2,(H,29,30). The van der Waals surface area contributed by atoms with Crippen LogP contribution in [0.25, 0.3) is 21.9 Å². The summed E-state index contributed by atoms with van der Waals surface area (Å²) in [6.45, 7) is -0.131. The van der Waals surface area contributed by atoms with Crippen LogP contribution in [0.1, 0.15) is 21.7 Å². The summed E-state index contributed by atoms with van der Waals surface area (Å²) in [7, 11) is 0. The number of hydrogen-bond acceptors (Lipinski definition) is 3. The number of nitrogens with zero attached hydrogens (tertiary/aromatic N) is 2. The van der Waals surface area contributed by atoms with Crippen molar-refractivity contribution < 1.29 is 26.7 Å². The number of nitrogens with one attached hydrogen (secondary N) is 2. The molecule has 0 amide bonds. The number of aromatic nitrogens is 4. The topological polar surface area (TPSA) is 83.5 Å². The van der Waals surface area contributed by atoms with Crippen LogP contribution >= 0.6 is 0 Å². The molecule has 11 heteroatoms. The van der Waals surface area contributed by atoms with Crippen LogP contribution in [0.4, 0.5) is 22.0 Å². The Morgan fingerprint density at radius 3 is 2.45 bits per heavy atom. The van der Waals surface area contributed by atoms with Gasteiger partial charge < -0.3 is 14.5 Å². The zero-order valence-electron chi connectivity index (χ0n) is 16.3. The fourth-order valence-corrected chi connectivity index (χ4v) is 3.67. The lowest BCUT2D eigenvalue weighted by atomic mass is 10.0. The normalized spacial score (nSPS) is 11.5. The molecule has 0 saturated carbocycles. The van der Waals surface area contributed by atoms with Crippen LogP contribution in [-0.4, -0.2) is 25.3 Å². The Hall–Kier alpha value is -4.28. The van der Waals surface area contributed by atoms with Gasteiger partial charge in [0.05, 0.1) is 17.6 Å². The summed E-state index contributed by atoms with van der Waals surface area (Å²) in [5, 5.41) is 0.0992. The number of hydrogen-bond donors (Lipinski definition) is 2. The lowest BCUT2D eigenvalue weighted by Crippen LogP contribution is -2.20. The number of halogens is 5. The number of pyridine rings is 1. The number of benzene rings is 2. The van der Waals surface area contributed by atoms with Crippen molar-refractivity contribution in [1.29, 1.82) is 0 Å². The number of aromatic amines is 2. The van der Waals surface area contributed by atoms with Gasteiger partial charge in [-0.2, -0.15) is 0 Å². The fourth-order valence-electron chi connectivity index (χ4n) is 3.67. The van der Waals surface area contributed by atoms with Crippen LogP contribution in [0.15, 0.2) is 47.5 Å². The van der Waals surface area contributed by atoms with Gasteiger partial charge in [0.15, 0.2) is 11.6 Å². The number of carbonyl (C=O) groups is 1. The molecule has 5 rings (SSSR count). The average molecular weight is 458 g/mol. The summed E-state index contributed by atoms with van der Waals surface area (Å²) in [5.74, 6) is -6.97. The van der Waals surface area contributed by atoms with Crippen LogP contribution in [0.2, 0.25) is 0 Å². The van der Waals surface area contributed by atoms with Crippen molar-refractivity contribution in [1.82, 2.24) is 19.5 Å². The minimum atomic E-state index is -1.37. The predicted molar refractivity (Wildman–Crippen MR) is 107 cm³/mol. The molecule has 0 aliphatic rings. The Labute approximate surface area is 180 Å². The van der Waals surface area contributed by atoms with Gasteiger partial charge in [0.1, 0.15) is 34.3 Å². The maximum Gasteiger partial charge on any atom is 0.275 e. The first kappa shape index (κ1) is 20.6. The number of rotatable bonds is 4. The van der Waals surface area contributed by atoms with Gasteiger partial charge in [-0.25, -0.2) is 26.9 Å². The summed E-state index contributed by atoms with van der Waals surface area (Å²) in [6.07, 6.45) is 2.44. The largest absolute Gasteiger partial charge is 0.356 e. The van der Waals surface area contributed by atoms with Crippen LogP contribution in [0.3, 0.4) is 0 Å². The second-order valence-electron chi connectivity index (χ2n) is 7.25. The third kappa shape index (κ3) is 3.28. The number of H-pyrrole nitrogens is 2. The monoisotopic (exact) mass is 458 g/mol. The molecule has 33 heavy (non-hydrogen) atoms. The molecule has 0 aliphatic heterocycles. The lowest BCUT2D eigenvalue weighted by Gasteiger charge is -2.05. The molecule has 0 bridgehead atoms. The molecule has 6 nitrogen and oxygen atoms in total. The lowest BCUT2D eigenvalue weighted by molar-refractivity contribution is 0.103. The van der Waals surface area contributed by atoms with E-state index in [0.29, 0.717) is 12.1 Å². The summed E-state index contributed by atoms with van der Waals surface area (Å²) >= 11 is 0. The number of ketones is 1. The first-order valence-electron chi connectivity index (χ1n) is 9.47. The van der Waals surface area contributed by atoms with Crippen molar-refractivity contribution in [3.8, 4) is 0 Å². The maximum atomic E-state index is 14.0. The molecule has 166 valence electrons. The second kappa shape index (κ2) is 7.40. The minimum Gasteiger partial charge on any atom is -0.356 e. The summed E-state index contributed by atoms with van der Waals surface area (Å²) in [6, 6.07) is 4.41. The molecule has 2 N–H and O–H groups in total. The Morgan fingerprint density at radius 1 is 1.00 bits per heavy atom. The molecule has 3 aromatic heterocycles. The molecule has 5 aromatic rings. The van der Waals surface area contributed by atoms with Gasteiger partial charge in [-0.15, -0.1) is 0 Å². The van der Waals surface area contributed by atoms with Crippen LogP contribution < -0.4 is 5.56 Å². The van der Waals surface area contributed by atoms with E-state index in [-0.39, 0.29) is 39.9 Å². The first-order valence-corrected chi connectivity index (χ1v) is 9.47. The van der Waals surface area contributed by atoms with Crippen molar-refractivity contribution in [3.63, 3.8) is 0 Å². The van der Waals surface area contributed by atoms with Gasteiger partial charge in [-0.3, -0.25) is 9.59 Å². The zero-order valence-corrected chi connectivity index (χ0v) is 16.3. The van der Waals surface area contributed by atoms with Crippen LogP contribution in [0.5, 0.6) is 0 Å². The molecule has 0 radical (unpaired) electrons. The van der Waals surface area contributed by atoms with Crippen molar-refractivity contribution in [2.45, 2.75) is 6.54 Å². The highest BCUT2D eigenvalue weighted by Gasteiger charge is 2.24. The van der Waals surface area contributed by atoms with E-state index in [4.69, 9.17) is 0 Å². The van der Waals surface area contributed by atoms with E-state index < -0.39 is 46.0 Å². The highest BCUT2D eigenvalue weighted by atomic mass is 19.2. The van der Waals surface area contributed by atoms with Crippen molar-refractivity contribution in [2.75, 3.05) is 0 Å². The summed E-state index contributed by atoms with van der Waals surface area (Å²) in [4.78, 5) is 35.0. The van der Waals surface area contributed by atoms with Crippen molar-refractivity contribution in [2.24, 2.45) is 0 Å². The fraction of sp³-hybridized carbons (Fsp3) is 0.0455. The molecule has 0 fully saturated rings. The molecular formula is C22H11F5N4O2. The zero-order chi connectivity index (χ0) is 23.4. The van der Waals surface area contributed by atoms with Gasteiger partial charge in [0, 0.05) is 35.5 Å². The van der Waals surface area contributed by atoms with Crippen molar-refractivity contribution >= 4 is 27.7 Å². The van der Waals surface area contributed by atoms with Crippen molar-refractivity contribution in [3.05, 3.63) is 99.1 Å². The van der Waals surface area contributed by atoms with E-state index >= 15 is 0 Å². The Morgan fingerprint density at radius 2 is 1.73 bits per heavy atom. The van der Waals surface area contributed by atoms with E-state index in [2.05, 4.69) is 15.0 Å². The number of fused-ring (bicyclic) bond motifs is 2. The molecule has 0 aliphatic carbocycles. The maximum absolute atomic E-state index is 14.0. The van der Waals surface area contributed by atoms with Crippen LogP contribution in [0, 0.1) is 29.1 Å². The molecule has 0 unspecified atom stereocenters. The smallest absolute Gasteiger partial charge is 0.275 e. The quantitative estimate of drug-likeness (QED) is 0.313. The summed E-state index contributed by atoms with van der Waals surface area (Å²) < 4.78 is 69.7. The third-order valence-electron chi connectivity index (χ3n) is 5.21. The Balaban J connectivity index is 1.54. The first-order chi connectivity index (χ1) is 15.7. The number of carbonyl (C=O) groups excluding carboxylic acids is 1. The van der Waals surface area contributed by atoms with Gasteiger partial charge in [0.25, 0.3) is 5.56 Å². The molecule has 0 atom stereocenters. The highest BCUT2D eigenvalue weighted by Crippen LogP contribution is 2.24. The predicted octanol–water partition coefficient (Wildman–Crippen LogP) is 4.18. The Bertz CT molecular complexity index is 1630. The highest BCUT2D eigenvalue weighted by molar-refractivity contribution is 6.16. The van der Waals surface area contributed by atoms with E-state index in [1.54, 1.807) is 0 Å². The molecule has 0 saturated heterocycles.